The molecular weight excluding hydrogens is 335 g/mol. The number of rotatable bonds is 2. The number of guanidine groups is 2. The number of hydrogen-bond acceptors (Lipinski definition) is 3. The van der Waals surface area contributed by atoms with E-state index in [1.54, 1.807) is 0 Å². The van der Waals surface area contributed by atoms with E-state index in [1.807, 2.05) is 0 Å². The topological polar surface area (TPSA) is 137 Å². The van der Waals surface area contributed by atoms with Crippen LogP contribution in [0.1, 0.15) is 0 Å². The van der Waals surface area contributed by atoms with Crippen molar-refractivity contribution in [1.82, 2.24) is 0 Å². The quantitative estimate of drug-likeness (QED) is 0.540. The summed E-state index contributed by atoms with van der Waals surface area (Å²) in [4.78, 5) is 5.83. The number of sulfone groups is 1. The van der Waals surface area contributed by atoms with E-state index in [0.717, 1.165) is 6.07 Å². The summed E-state index contributed by atoms with van der Waals surface area (Å²) in [5.41, 5.74) is 9.57. The van der Waals surface area contributed by atoms with Crippen LogP contribution in [0.3, 0.4) is 0 Å². The molecule has 0 saturated carbocycles. The number of halogens is 4. The number of alkyl halides is 3. The molecule has 0 saturated heterocycles. The van der Waals surface area contributed by atoms with Crippen molar-refractivity contribution in [2.45, 2.75) is 10.4 Å². The van der Waals surface area contributed by atoms with E-state index in [1.165, 1.54) is 0 Å². The molecule has 0 aliphatic rings. The van der Waals surface area contributed by atoms with Crippen LogP contribution in [-0.2, 0) is 9.84 Å². The lowest BCUT2D eigenvalue weighted by atomic mass is 10.3. The van der Waals surface area contributed by atoms with E-state index in [4.69, 9.17) is 28.8 Å². The lowest BCUT2D eigenvalue weighted by molar-refractivity contribution is -0.0435. The van der Waals surface area contributed by atoms with Gasteiger partial charge in [-0.2, -0.15) is 18.2 Å². The van der Waals surface area contributed by atoms with E-state index in [-0.39, 0.29) is 10.7 Å². The first-order valence-corrected chi connectivity index (χ1v) is 6.86. The SMILES string of the molecule is NC(N)=NC(N)=Nc1cc(S(=O)(=O)C(F)(F)F)ccc1Cl. The zero-order chi connectivity index (χ0) is 16.4. The summed E-state index contributed by atoms with van der Waals surface area (Å²) in [5, 5.41) is -0.134. The van der Waals surface area contributed by atoms with Gasteiger partial charge in [0, 0.05) is 0 Å². The molecule has 0 radical (unpaired) electrons. The van der Waals surface area contributed by atoms with Crippen LogP contribution < -0.4 is 17.2 Å². The first kappa shape index (κ1) is 17.0. The summed E-state index contributed by atoms with van der Waals surface area (Å²) in [7, 11) is -5.53. The van der Waals surface area contributed by atoms with Crippen molar-refractivity contribution >= 4 is 39.0 Å². The maximum Gasteiger partial charge on any atom is 0.501 e. The molecule has 1 aromatic rings. The summed E-state index contributed by atoms with van der Waals surface area (Å²) in [6.45, 7) is 0. The maximum absolute atomic E-state index is 12.4. The average Bonchev–Trinajstić information content (AvgIpc) is 2.29. The zero-order valence-corrected chi connectivity index (χ0v) is 11.7. The van der Waals surface area contributed by atoms with Crippen LogP contribution in [0.25, 0.3) is 0 Å². The molecule has 116 valence electrons. The molecule has 0 fully saturated rings. The molecule has 0 aliphatic heterocycles. The largest absolute Gasteiger partial charge is 0.501 e. The minimum absolute atomic E-state index is 0.134. The van der Waals surface area contributed by atoms with Crippen LogP contribution in [0.2, 0.25) is 5.02 Å². The fourth-order valence-corrected chi connectivity index (χ4v) is 2.10. The summed E-state index contributed by atoms with van der Waals surface area (Å²) < 4.78 is 59.9. The highest BCUT2D eigenvalue weighted by Crippen LogP contribution is 2.34. The Morgan fingerprint density at radius 1 is 1.19 bits per heavy atom. The minimum atomic E-state index is -5.53. The normalized spacial score (nSPS) is 13.0. The highest BCUT2D eigenvalue weighted by molar-refractivity contribution is 7.92. The molecule has 6 N–H and O–H groups in total. The second-order valence-corrected chi connectivity index (χ2v) is 5.92. The smallest absolute Gasteiger partial charge is 0.370 e. The third-order valence-corrected chi connectivity index (χ3v) is 3.81. The van der Waals surface area contributed by atoms with E-state index >= 15 is 0 Å². The molecular formula is C9H9ClF3N5O2S. The molecule has 0 bridgehead atoms. The van der Waals surface area contributed by atoms with Crippen molar-refractivity contribution in [3.8, 4) is 0 Å². The van der Waals surface area contributed by atoms with Crippen molar-refractivity contribution in [3.63, 3.8) is 0 Å². The van der Waals surface area contributed by atoms with Gasteiger partial charge < -0.3 is 17.2 Å². The molecule has 0 heterocycles. The number of nitrogens with zero attached hydrogens (tertiary/aromatic N) is 2. The molecule has 21 heavy (non-hydrogen) atoms. The molecule has 12 heteroatoms. The van der Waals surface area contributed by atoms with Crippen LogP contribution in [0.4, 0.5) is 18.9 Å². The predicted octanol–water partition coefficient (Wildman–Crippen LogP) is 0.853. The van der Waals surface area contributed by atoms with Crippen molar-refractivity contribution < 1.29 is 21.6 Å². The molecule has 1 rings (SSSR count). The molecule has 0 atom stereocenters. The first-order valence-electron chi connectivity index (χ1n) is 5.00. The fourth-order valence-electron chi connectivity index (χ4n) is 1.16. The molecule has 1 aromatic carbocycles. The van der Waals surface area contributed by atoms with E-state index in [2.05, 4.69) is 9.98 Å². The lowest BCUT2D eigenvalue weighted by Crippen LogP contribution is -2.26. The van der Waals surface area contributed by atoms with Crippen LogP contribution in [0.5, 0.6) is 0 Å². The van der Waals surface area contributed by atoms with Gasteiger partial charge in [0.25, 0.3) is 9.84 Å². The lowest BCUT2D eigenvalue weighted by Gasteiger charge is -2.09. The second-order valence-electron chi connectivity index (χ2n) is 3.57. The van der Waals surface area contributed by atoms with Gasteiger partial charge >= 0.3 is 5.51 Å². The first-order chi connectivity index (χ1) is 9.45. The highest BCUT2D eigenvalue weighted by Gasteiger charge is 2.47. The Hall–Kier alpha value is -2.01. The van der Waals surface area contributed by atoms with Crippen molar-refractivity contribution in [3.05, 3.63) is 23.2 Å². The Morgan fingerprint density at radius 3 is 2.24 bits per heavy atom. The predicted molar refractivity (Wildman–Crippen MR) is 71.8 cm³/mol. The van der Waals surface area contributed by atoms with Crippen LogP contribution in [-0.4, -0.2) is 25.8 Å². The van der Waals surface area contributed by atoms with Crippen molar-refractivity contribution in [2.75, 3.05) is 0 Å². The summed E-state index contributed by atoms with van der Waals surface area (Å²) in [6, 6.07) is 2.24. The van der Waals surface area contributed by atoms with Crippen LogP contribution in [0, 0.1) is 0 Å². The van der Waals surface area contributed by atoms with E-state index in [9.17, 15) is 21.6 Å². The van der Waals surface area contributed by atoms with Crippen molar-refractivity contribution in [2.24, 2.45) is 27.2 Å². The van der Waals surface area contributed by atoms with E-state index in [0.29, 0.717) is 12.1 Å². The maximum atomic E-state index is 12.4. The van der Waals surface area contributed by atoms with E-state index < -0.39 is 32.2 Å². The van der Waals surface area contributed by atoms with Gasteiger partial charge in [-0.25, -0.2) is 13.4 Å². The molecule has 0 amide bonds. The average molecular weight is 344 g/mol. The number of benzene rings is 1. The second kappa shape index (κ2) is 5.77. The minimum Gasteiger partial charge on any atom is -0.370 e. The Bertz CT molecular complexity index is 711. The Labute approximate surface area is 122 Å². The Balaban J connectivity index is 3.40. The fraction of sp³-hybridized carbons (Fsp3) is 0.111. The van der Waals surface area contributed by atoms with Gasteiger partial charge in [-0.1, -0.05) is 11.6 Å². The highest BCUT2D eigenvalue weighted by atomic mass is 35.5. The summed E-state index contributed by atoms with van der Waals surface area (Å²) >= 11 is 5.69. The molecule has 0 aliphatic carbocycles. The number of aliphatic imine (C=N–C) groups is 2. The Kier molecular flexibility index (Phi) is 4.69. The van der Waals surface area contributed by atoms with Crippen LogP contribution >= 0.6 is 11.6 Å². The van der Waals surface area contributed by atoms with Gasteiger partial charge in [-0.3, -0.25) is 0 Å². The van der Waals surface area contributed by atoms with Gasteiger partial charge in [-0.05, 0) is 18.2 Å². The van der Waals surface area contributed by atoms with Crippen molar-refractivity contribution in [1.29, 1.82) is 0 Å². The molecule has 0 spiro atoms. The number of nitrogens with two attached hydrogens (primary N) is 3. The standard InChI is InChI=1S/C9H9ClF3N5O2S/c10-5-2-1-4(21(19,20)9(11,12)13)3-6(5)17-8(16)18-7(14)15/h1-3H,(H6,14,15,16,17,18). The molecule has 0 aromatic heterocycles. The van der Waals surface area contributed by atoms with Gasteiger partial charge in [0.05, 0.1) is 15.6 Å². The van der Waals surface area contributed by atoms with Gasteiger partial charge in [0.2, 0.25) is 5.96 Å². The van der Waals surface area contributed by atoms with Gasteiger partial charge in [0.15, 0.2) is 5.96 Å². The Morgan fingerprint density at radius 2 is 1.76 bits per heavy atom. The molecule has 7 nitrogen and oxygen atoms in total. The third kappa shape index (κ3) is 3.98. The van der Waals surface area contributed by atoms with Crippen LogP contribution in [0.15, 0.2) is 33.1 Å². The monoisotopic (exact) mass is 343 g/mol. The zero-order valence-electron chi connectivity index (χ0n) is 10.1. The third-order valence-electron chi connectivity index (χ3n) is 2.01. The molecule has 0 unspecified atom stereocenters. The summed E-state index contributed by atoms with van der Waals surface area (Å²) in [6.07, 6.45) is 0. The summed E-state index contributed by atoms with van der Waals surface area (Å²) in [5.74, 6) is -0.940. The van der Waals surface area contributed by atoms with Gasteiger partial charge in [0.1, 0.15) is 0 Å². The van der Waals surface area contributed by atoms with Gasteiger partial charge in [-0.15, -0.1) is 0 Å². The number of hydrogen-bond donors (Lipinski definition) is 3.